The van der Waals surface area contributed by atoms with Gasteiger partial charge in [0.1, 0.15) is 0 Å². The van der Waals surface area contributed by atoms with Crippen molar-refractivity contribution in [3.05, 3.63) is 76.1 Å². The molecule has 7 nitrogen and oxygen atoms in total. The van der Waals surface area contributed by atoms with Crippen molar-refractivity contribution in [2.24, 2.45) is 0 Å². The molecule has 0 N–H and O–H groups in total. The molecular formula is C21H23N5O2S. The van der Waals surface area contributed by atoms with Crippen LogP contribution in [0.25, 0.3) is 5.69 Å². The highest BCUT2D eigenvalue weighted by Crippen LogP contribution is 2.27. The van der Waals surface area contributed by atoms with Gasteiger partial charge in [-0.25, -0.2) is 0 Å². The first-order valence-corrected chi connectivity index (χ1v) is 10.8. The van der Waals surface area contributed by atoms with Gasteiger partial charge in [-0.1, -0.05) is 48.5 Å². The average molecular weight is 410 g/mol. The van der Waals surface area contributed by atoms with E-state index < -0.39 is 0 Å². The zero-order chi connectivity index (χ0) is 20.1. The fourth-order valence-corrected chi connectivity index (χ4v) is 4.44. The Labute approximate surface area is 173 Å². The Bertz CT molecular complexity index is 953. The molecule has 0 amide bonds. The van der Waals surface area contributed by atoms with E-state index in [0.29, 0.717) is 5.75 Å². The van der Waals surface area contributed by atoms with Gasteiger partial charge in [-0.2, -0.15) is 0 Å². The van der Waals surface area contributed by atoms with Gasteiger partial charge in [-0.15, -0.1) is 10.2 Å². The number of para-hydroxylation sites is 1. The maximum atomic E-state index is 10.8. The maximum absolute atomic E-state index is 10.8. The van der Waals surface area contributed by atoms with E-state index in [1.807, 2.05) is 18.2 Å². The number of thioether (sulfide) groups is 1. The average Bonchev–Trinajstić information content (AvgIpc) is 3.16. The molecule has 0 atom stereocenters. The summed E-state index contributed by atoms with van der Waals surface area (Å²) in [7, 11) is 0. The van der Waals surface area contributed by atoms with E-state index >= 15 is 0 Å². The summed E-state index contributed by atoms with van der Waals surface area (Å²) in [5.74, 6) is 1.62. The Balaban J connectivity index is 1.55. The number of nitro benzene ring substituents is 1. The van der Waals surface area contributed by atoms with E-state index in [9.17, 15) is 10.1 Å². The molecule has 2 heterocycles. The van der Waals surface area contributed by atoms with E-state index in [2.05, 4.69) is 31.8 Å². The van der Waals surface area contributed by atoms with Crippen LogP contribution < -0.4 is 0 Å². The van der Waals surface area contributed by atoms with Crippen LogP contribution in [-0.2, 0) is 12.3 Å². The minimum absolute atomic E-state index is 0.107. The summed E-state index contributed by atoms with van der Waals surface area (Å²) in [6, 6.07) is 16.8. The minimum Gasteiger partial charge on any atom is -0.296 e. The molecule has 3 aromatic rings. The first kappa shape index (κ1) is 19.6. The van der Waals surface area contributed by atoms with E-state index in [1.54, 1.807) is 36.0 Å². The lowest BCUT2D eigenvalue weighted by Crippen LogP contribution is -2.30. The van der Waals surface area contributed by atoms with E-state index in [0.717, 1.165) is 41.9 Å². The van der Waals surface area contributed by atoms with Gasteiger partial charge in [0.25, 0.3) is 5.69 Å². The number of hydrogen-bond acceptors (Lipinski definition) is 6. The Morgan fingerprint density at radius 2 is 1.69 bits per heavy atom. The lowest BCUT2D eigenvalue weighted by Gasteiger charge is -2.26. The van der Waals surface area contributed by atoms with Gasteiger partial charge in [0.15, 0.2) is 11.0 Å². The number of likely N-dealkylation sites (tertiary alicyclic amines) is 1. The molecule has 1 aliphatic heterocycles. The molecule has 29 heavy (non-hydrogen) atoms. The van der Waals surface area contributed by atoms with Crippen molar-refractivity contribution in [1.29, 1.82) is 0 Å². The van der Waals surface area contributed by atoms with Crippen LogP contribution in [0.4, 0.5) is 5.69 Å². The molecule has 2 aromatic carbocycles. The van der Waals surface area contributed by atoms with E-state index in [1.165, 1.54) is 19.3 Å². The highest BCUT2D eigenvalue weighted by molar-refractivity contribution is 7.98. The summed E-state index contributed by atoms with van der Waals surface area (Å²) < 4.78 is 2.13. The molecule has 0 radical (unpaired) electrons. The molecule has 1 fully saturated rings. The fraction of sp³-hybridized carbons (Fsp3) is 0.333. The van der Waals surface area contributed by atoms with Crippen LogP contribution >= 0.6 is 11.8 Å². The highest BCUT2D eigenvalue weighted by Gasteiger charge is 2.19. The standard InChI is InChI=1S/C21H23N5O2S/c27-26(28)19-11-9-17(10-12-19)16-29-21-23-22-20(15-24-13-5-2-6-14-24)25(21)18-7-3-1-4-8-18/h1,3-4,7-12H,2,5-6,13-16H2. The van der Waals surface area contributed by atoms with Gasteiger partial charge in [-0.3, -0.25) is 19.6 Å². The summed E-state index contributed by atoms with van der Waals surface area (Å²) in [6.07, 6.45) is 3.78. The van der Waals surface area contributed by atoms with Crippen LogP contribution in [0, 0.1) is 10.1 Å². The summed E-state index contributed by atoms with van der Waals surface area (Å²) >= 11 is 1.59. The van der Waals surface area contributed by atoms with E-state index in [4.69, 9.17) is 0 Å². The minimum atomic E-state index is -0.379. The Hall–Kier alpha value is -2.71. The predicted octanol–water partition coefficient (Wildman–Crippen LogP) is 4.45. The number of benzene rings is 2. The van der Waals surface area contributed by atoms with Crippen molar-refractivity contribution in [3.63, 3.8) is 0 Å². The Kier molecular flexibility index (Phi) is 6.21. The van der Waals surface area contributed by atoms with Gasteiger partial charge in [0.2, 0.25) is 0 Å². The second-order valence-electron chi connectivity index (χ2n) is 7.12. The third-order valence-electron chi connectivity index (χ3n) is 5.04. The fourth-order valence-electron chi connectivity index (χ4n) is 3.51. The highest BCUT2D eigenvalue weighted by atomic mass is 32.2. The van der Waals surface area contributed by atoms with Crippen molar-refractivity contribution >= 4 is 17.4 Å². The lowest BCUT2D eigenvalue weighted by atomic mass is 10.1. The third-order valence-corrected chi connectivity index (χ3v) is 6.04. The topological polar surface area (TPSA) is 77.1 Å². The summed E-state index contributed by atoms with van der Waals surface area (Å²) in [5.41, 5.74) is 2.17. The molecule has 1 saturated heterocycles. The van der Waals surface area contributed by atoms with Gasteiger partial charge in [0, 0.05) is 23.6 Å². The first-order chi connectivity index (χ1) is 14.2. The molecule has 8 heteroatoms. The van der Waals surface area contributed by atoms with E-state index in [-0.39, 0.29) is 10.6 Å². The summed E-state index contributed by atoms with van der Waals surface area (Å²) in [6.45, 7) is 3.00. The zero-order valence-corrected chi connectivity index (χ0v) is 16.9. The summed E-state index contributed by atoms with van der Waals surface area (Å²) in [5, 5.41) is 20.6. The molecule has 1 aliphatic rings. The number of rotatable bonds is 7. The van der Waals surface area contributed by atoms with Gasteiger partial charge < -0.3 is 0 Å². The molecule has 4 rings (SSSR count). The summed E-state index contributed by atoms with van der Waals surface area (Å²) in [4.78, 5) is 12.9. The van der Waals surface area contributed by atoms with Crippen molar-refractivity contribution in [2.45, 2.75) is 36.7 Å². The second-order valence-corrected chi connectivity index (χ2v) is 8.06. The quantitative estimate of drug-likeness (QED) is 0.326. The molecular weight excluding hydrogens is 386 g/mol. The molecule has 0 aliphatic carbocycles. The van der Waals surface area contributed by atoms with Gasteiger partial charge >= 0.3 is 0 Å². The molecule has 0 bridgehead atoms. The van der Waals surface area contributed by atoms with Crippen LogP contribution in [0.5, 0.6) is 0 Å². The molecule has 0 spiro atoms. The first-order valence-electron chi connectivity index (χ1n) is 9.79. The van der Waals surface area contributed by atoms with Gasteiger partial charge in [0.05, 0.1) is 11.5 Å². The predicted molar refractivity (Wildman–Crippen MR) is 113 cm³/mol. The Morgan fingerprint density at radius 3 is 2.38 bits per heavy atom. The van der Waals surface area contributed by atoms with Crippen molar-refractivity contribution in [2.75, 3.05) is 13.1 Å². The van der Waals surface area contributed by atoms with Crippen LogP contribution in [0.1, 0.15) is 30.7 Å². The van der Waals surface area contributed by atoms with Crippen molar-refractivity contribution in [1.82, 2.24) is 19.7 Å². The van der Waals surface area contributed by atoms with Gasteiger partial charge in [-0.05, 0) is 43.6 Å². The number of hydrogen-bond donors (Lipinski definition) is 0. The molecule has 150 valence electrons. The van der Waals surface area contributed by atoms with Crippen molar-refractivity contribution in [3.8, 4) is 5.69 Å². The van der Waals surface area contributed by atoms with Crippen molar-refractivity contribution < 1.29 is 4.92 Å². The maximum Gasteiger partial charge on any atom is 0.269 e. The van der Waals surface area contributed by atoms with Crippen LogP contribution in [0.2, 0.25) is 0 Å². The SMILES string of the molecule is O=[N+]([O-])c1ccc(CSc2nnc(CN3CCCCC3)n2-c2ccccc2)cc1. The smallest absolute Gasteiger partial charge is 0.269 e. The second kappa shape index (κ2) is 9.19. The molecule has 0 saturated carbocycles. The normalized spacial score (nSPS) is 14.8. The number of aromatic nitrogens is 3. The molecule has 1 aromatic heterocycles. The largest absolute Gasteiger partial charge is 0.296 e. The van der Waals surface area contributed by atoms with Crippen LogP contribution in [0.15, 0.2) is 59.8 Å². The third kappa shape index (κ3) is 4.83. The number of non-ortho nitro benzene ring substituents is 1. The monoisotopic (exact) mass is 409 g/mol. The molecule has 0 unspecified atom stereocenters. The number of nitro groups is 1. The lowest BCUT2D eigenvalue weighted by molar-refractivity contribution is -0.384. The van der Waals surface area contributed by atoms with Crippen LogP contribution in [0.3, 0.4) is 0 Å². The number of piperidine rings is 1. The van der Waals surface area contributed by atoms with Crippen LogP contribution in [-0.4, -0.2) is 37.7 Å². The zero-order valence-electron chi connectivity index (χ0n) is 16.1. The number of nitrogens with zero attached hydrogens (tertiary/aromatic N) is 5. The Morgan fingerprint density at radius 1 is 0.966 bits per heavy atom.